The third-order valence-electron chi connectivity index (χ3n) is 8.24. The monoisotopic (exact) mass is 614 g/mol. The number of hydrogen-bond acceptors (Lipinski definition) is 5. The number of carbonyl (C=O) groups excluding carboxylic acids is 3. The molecule has 0 radical (unpaired) electrons. The Bertz CT molecular complexity index is 1380. The van der Waals surface area contributed by atoms with Crippen LogP contribution in [-0.2, 0) is 22.4 Å². The number of aliphatic hydroxyl groups is 1. The standard InChI is InChI=1S/C36H46N4O5/c1-4-31(40-20-12-19-37-36(40)44)35(43)38-29(21-27-15-7-5-8-16-27)23-32(41)30(22-28-17-9-6-10-18-28)39-33(42)24-45-34-25(2)13-11-14-26(34)3/h5-11,13-18,29-32,41H,4,12,19-24H2,1-3H3,(H,37,44)(H,38,43)(H,39,42)/t29-,30-,31-,32-/m0/s1. The highest BCUT2D eigenvalue weighted by Gasteiger charge is 2.32. The number of nitrogens with zero attached hydrogens (tertiary/aromatic N) is 1. The van der Waals surface area contributed by atoms with Gasteiger partial charge in [0.05, 0.1) is 12.1 Å². The van der Waals surface area contributed by atoms with Crippen LogP contribution in [0.15, 0.2) is 78.9 Å². The second-order valence-electron chi connectivity index (χ2n) is 11.8. The number of rotatable bonds is 15. The molecular weight excluding hydrogens is 568 g/mol. The van der Waals surface area contributed by atoms with Gasteiger partial charge in [0.25, 0.3) is 5.91 Å². The van der Waals surface area contributed by atoms with Gasteiger partial charge in [-0.25, -0.2) is 4.79 Å². The summed E-state index contributed by atoms with van der Waals surface area (Å²) in [5, 5.41) is 20.6. The van der Waals surface area contributed by atoms with Gasteiger partial charge in [0, 0.05) is 19.1 Å². The molecule has 0 bridgehead atoms. The van der Waals surface area contributed by atoms with Gasteiger partial charge in [-0.1, -0.05) is 85.8 Å². The van der Waals surface area contributed by atoms with Crippen molar-refractivity contribution in [1.29, 1.82) is 0 Å². The van der Waals surface area contributed by atoms with Gasteiger partial charge in [0.1, 0.15) is 11.8 Å². The van der Waals surface area contributed by atoms with Gasteiger partial charge in [0.15, 0.2) is 6.61 Å². The third-order valence-corrected chi connectivity index (χ3v) is 8.24. The van der Waals surface area contributed by atoms with E-state index in [4.69, 9.17) is 4.74 Å². The van der Waals surface area contributed by atoms with Gasteiger partial charge in [0.2, 0.25) is 5.91 Å². The number of amides is 4. The Kier molecular flexibility index (Phi) is 12.4. The summed E-state index contributed by atoms with van der Waals surface area (Å²) in [6, 6.07) is 23.3. The van der Waals surface area contributed by atoms with E-state index in [-0.39, 0.29) is 30.9 Å². The van der Waals surface area contributed by atoms with Crippen LogP contribution >= 0.6 is 0 Å². The first-order valence-corrected chi connectivity index (χ1v) is 15.8. The lowest BCUT2D eigenvalue weighted by Crippen LogP contribution is -2.57. The molecule has 1 saturated heterocycles. The summed E-state index contributed by atoms with van der Waals surface area (Å²) in [6.45, 7) is 6.68. The number of aryl methyl sites for hydroxylation is 2. The SMILES string of the molecule is CC[C@@H](C(=O)N[C@@H](Cc1ccccc1)C[C@H](O)[C@H](Cc1ccccc1)NC(=O)COc1c(C)cccc1C)N1CCCNC1=O. The summed E-state index contributed by atoms with van der Waals surface area (Å²) in [7, 11) is 0. The van der Waals surface area contributed by atoms with E-state index in [2.05, 4.69) is 16.0 Å². The molecule has 3 aromatic rings. The zero-order valence-electron chi connectivity index (χ0n) is 26.5. The van der Waals surface area contributed by atoms with Crippen LogP contribution in [0.3, 0.4) is 0 Å². The van der Waals surface area contributed by atoms with Gasteiger partial charge < -0.3 is 30.7 Å². The zero-order valence-corrected chi connectivity index (χ0v) is 26.5. The Labute approximate surface area is 266 Å². The largest absolute Gasteiger partial charge is 0.483 e. The number of urea groups is 1. The second kappa shape index (κ2) is 16.6. The molecular formula is C36H46N4O5. The van der Waals surface area contributed by atoms with Crippen molar-refractivity contribution in [2.45, 2.75) is 77.1 Å². The molecule has 0 unspecified atom stereocenters. The first-order valence-electron chi connectivity index (χ1n) is 15.8. The fourth-order valence-electron chi connectivity index (χ4n) is 5.90. The van der Waals surface area contributed by atoms with E-state index in [0.717, 1.165) is 28.7 Å². The highest BCUT2D eigenvalue weighted by molar-refractivity contribution is 5.87. The smallest absolute Gasteiger partial charge is 0.318 e. The third kappa shape index (κ3) is 9.81. The molecule has 1 heterocycles. The molecule has 240 valence electrons. The van der Waals surface area contributed by atoms with Crippen molar-refractivity contribution in [1.82, 2.24) is 20.9 Å². The van der Waals surface area contributed by atoms with Gasteiger partial charge in [-0.05, 0) is 68.2 Å². The van der Waals surface area contributed by atoms with Crippen molar-refractivity contribution < 1.29 is 24.2 Å². The number of benzene rings is 3. The highest BCUT2D eigenvalue weighted by atomic mass is 16.5. The summed E-state index contributed by atoms with van der Waals surface area (Å²) >= 11 is 0. The van der Waals surface area contributed by atoms with Crippen LogP contribution in [0, 0.1) is 13.8 Å². The maximum atomic E-state index is 13.6. The lowest BCUT2D eigenvalue weighted by molar-refractivity contribution is -0.127. The Hall–Kier alpha value is -4.37. The van der Waals surface area contributed by atoms with Crippen molar-refractivity contribution in [3.05, 3.63) is 101 Å². The van der Waals surface area contributed by atoms with Gasteiger partial charge >= 0.3 is 6.03 Å². The molecule has 1 aliphatic heterocycles. The topological polar surface area (TPSA) is 120 Å². The van der Waals surface area contributed by atoms with Crippen molar-refractivity contribution in [2.75, 3.05) is 19.7 Å². The van der Waals surface area contributed by atoms with Crippen LogP contribution in [0.2, 0.25) is 0 Å². The molecule has 4 rings (SSSR count). The van der Waals surface area contributed by atoms with E-state index >= 15 is 0 Å². The van der Waals surface area contributed by atoms with E-state index in [1.807, 2.05) is 99.6 Å². The van der Waals surface area contributed by atoms with E-state index in [1.54, 1.807) is 4.90 Å². The maximum Gasteiger partial charge on any atom is 0.318 e. The van der Waals surface area contributed by atoms with Crippen LogP contribution in [-0.4, -0.2) is 71.8 Å². The fourth-order valence-corrected chi connectivity index (χ4v) is 5.90. The highest BCUT2D eigenvalue weighted by Crippen LogP contribution is 2.22. The Balaban J connectivity index is 1.50. The molecule has 9 nitrogen and oxygen atoms in total. The molecule has 4 amide bonds. The Morgan fingerprint density at radius 3 is 2.13 bits per heavy atom. The fraction of sp³-hybridized carbons (Fsp3) is 0.417. The van der Waals surface area contributed by atoms with Gasteiger partial charge in [-0.2, -0.15) is 0 Å². The summed E-state index contributed by atoms with van der Waals surface area (Å²) in [4.78, 5) is 40.9. The lowest BCUT2D eigenvalue weighted by Gasteiger charge is -2.35. The Morgan fingerprint density at radius 1 is 0.911 bits per heavy atom. The number of carbonyl (C=O) groups is 3. The zero-order chi connectivity index (χ0) is 32.2. The molecule has 4 atom stereocenters. The molecule has 3 aromatic carbocycles. The molecule has 45 heavy (non-hydrogen) atoms. The van der Waals surface area contributed by atoms with E-state index in [1.165, 1.54) is 0 Å². The average Bonchev–Trinajstić information content (AvgIpc) is 3.02. The predicted octanol–water partition coefficient (Wildman–Crippen LogP) is 4.08. The number of aliphatic hydroxyl groups excluding tert-OH is 1. The quantitative estimate of drug-likeness (QED) is 0.206. The molecule has 0 aliphatic carbocycles. The molecule has 0 spiro atoms. The average molecular weight is 615 g/mol. The summed E-state index contributed by atoms with van der Waals surface area (Å²) in [6.07, 6.45) is 1.33. The van der Waals surface area contributed by atoms with E-state index < -0.39 is 24.2 Å². The number of ether oxygens (including phenoxy) is 1. The van der Waals surface area contributed by atoms with Crippen LogP contribution in [0.4, 0.5) is 4.79 Å². The summed E-state index contributed by atoms with van der Waals surface area (Å²) in [5.74, 6) is 0.0723. The van der Waals surface area contributed by atoms with Crippen LogP contribution in [0.25, 0.3) is 0 Å². The minimum Gasteiger partial charge on any atom is -0.483 e. The van der Waals surface area contributed by atoms with E-state index in [9.17, 15) is 19.5 Å². The molecule has 9 heteroatoms. The van der Waals surface area contributed by atoms with Crippen molar-refractivity contribution in [3.8, 4) is 5.75 Å². The Morgan fingerprint density at radius 2 is 1.53 bits per heavy atom. The van der Waals surface area contributed by atoms with Crippen molar-refractivity contribution >= 4 is 17.8 Å². The van der Waals surface area contributed by atoms with Crippen molar-refractivity contribution in [2.24, 2.45) is 0 Å². The molecule has 1 aliphatic rings. The maximum absolute atomic E-state index is 13.6. The predicted molar refractivity (Wildman–Crippen MR) is 175 cm³/mol. The van der Waals surface area contributed by atoms with Crippen LogP contribution < -0.4 is 20.7 Å². The first-order chi connectivity index (χ1) is 21.7. The summed E-state index contributed by atoms with van der Waals surface area (Å²) in [5.41, 5.74) is 3.85. The number of nitrogens with one attached hydrogen (secondary N) is 3. The minimum atomic E-state index is -0.985. The molecule has 4 N–H and O–H groups in total. The molecule has 0 aromatic heterocycles. The van der Waals surface area contributed by atoms with Crippen LogP contribution in [0.5, 0.6) is 5.75 Å². The number of para-hydroxylation sites is 1. The lowest BCUT2D eigenvalue weighted by atomic mass is 9.93. The van der Waals surface area contributed by atoms with Gasteiger partial charge in [-0.3, -0.25) is 9.59 Å². The second-order valence-corrected chi connectivity index (χ2v) is 11.8. The first kappa shape index (κ1) is 33.5. The van der Waals surface area contributed by atoms with Crippen molar-refractivity contribution in [3.63, 3.8) is 0 Å². The van der Waals surface area contributed by atoms with Gasteiger partial charge in [-0.15, -0.1) is 0 Å². The molecule has 1 fully saturated rings. The number of hydrogen-bond donors (Lipinski definition) is 4. The summed E-state index contributed by atoms with van der Waals surface area (Å²) < 4.78 is 5.89. The van der Waals surface area contributed by atoms with Crippen LogP contribution in [0.1, 0.15) is 48.4 Å². The normalized spacial score (nSPS) is 15.7. The van der Waals surface area contributed by atoms with E-state index in [0.29, 0.717) is 38.1 Å². The molecule has 0 saturated carbocycles. The minimum absolute atomic E-state index is 0.191.